The van der Waals surface area contributed by atoms with E-state index in [0.29, 0.717) is 18.1 Å². The molecule has 0 aromatic carbocycles. The molecule has 1 aliphatic heterocycles. The molecule has 3 atom stereocenters. The van der Waals surface area contributed by atoms with Crippen molar-refractivity contribution in [3.63, 3.8) is 0 Å². The minimum absolute atomic E-state index is 0.104. The van der Waals surface area contributed by atoms with Gasteiger partial charge in [-0.3, -0.25) is 9.88 Å². The number of likely N-dealkylation sites (tertiary alicyclic amines) is 1. The van der Waals surface area contributed by atoms with Gasteiger partial charge in [0.15, 0.2) is 0 Å². The number of aliphatic hydroxyl groups is 1. The first-order valence-electron chi connectivity index (χ1n) is 8.82. The van der Waals surface area contributed by atoms with Gasteiger partial charge in [0.2, 0.25) is 0 Å². The Morgan fingerprint density at radius 3 is 2.68 bits per heavy atom. The second-order valence-electron chi connectivity index (χ2n) is 6.90. The summed E-state index contributed by atoms with van der Waals surface area (Å²) in [4.78, 5) is 6.73. The predicted molar refractivity (Wildman–Crippen MR) is 88.6 cm³/mol. The molecule has 2 fully saturated rings. The van der Waals surface area contributed by atoms with Crippen LogP contribution in [-0.2, 0) is 0 Å². The summed E-state index contributed by atoms with van der Waals surface area (Å²) < 4.78 is 0. The number of hydrogen-bond donors (Lipinski definition) is 2. The molecule has 1 aliphatic carbocycles. The summed E-state index contributed by atoms with van der Waals surface area (Å²) in [5.41, 5.74) is 1.26. The maximum atomic E-state index is 10.2. The Balaban J connectivity index is 1.47. The van der Waals surface area contributed by atoms with Crippen LogP contribution >= 0.6 is 0 Å². The van der Waals surface area contributed by atoms with Gasteiger partial charge in [-0.2, -0.15) is 0 Å². The highest BCUT2D eigenvalue weighted by molar-refractivity contribution is 5.13. The van der Waals surface area contributed by atoms with E-state index in [1.165, 1.54) is 37.7 Å². The zero-order valence-corrected chi connectivity index (χ0v) is 13.6. The molecule has 3 unspecified atom stereocenters. The van der Waals surface area contributed by atoms with Crippen LogP contribution in [0.1, 0.15) is 57.1 Å². The second kappa shape index (κ2) is 7.53. The van der Waals surface area contributed by atoms with Crippen molar-refractivity contribution in [2.45, 2.75) is 69.7 Å². The fourth-order valence-electron chi connectivity index (χ4n) is 4.00. The summed E-state index contributed by atoms with van der Waals surface area (Å²) in [5, 5.41) is 14.0. The lowest BCUT2D eigenvalue weighted by atomic mass is 9.89. The Kier molecular flexibility index (Phi) is 5.45. The van der Waals surface area contributed by atoms with Crippen molar-refractivity contribution in [2.24, 2.45) is 0 Å². The van der Waals surface area contributed by atoms with Crippen LogP contribution in [0.25, 0.3) is 0 Å². The quantitative estimate of drug-likeness (QED) is 0.897. The average Bonchev–Trinajstić information content (AvgIpc) is 2.57. The molecule has 0 bridgehead atoms. The number of rotatable bonds is 4. The average molecular weight is 303 g/mol. The largest absolute Gasteiger partial charge is 0.391 e. The van der Waals surface area contributed by atoms with E-state index in [4.69, 9.17) is 0 Å². The fourth-order valence-corrected chi connectivity index (χ4v) is 4.00. The number of aliphatic hydroxyl groups excluding tert-OH is 1. The Labute approximate surface area is 133 Å². The van der Waals surface area contributed by atoms with E-state index in [1.807, 2.05) is 18.5 Å². The zero-order valence-electron chi connectivity index (χ0n) is 13.6. The Morgan fingerprint density at radius 2 is 2.00 bits per heavy atom. The van der Waals surface area contributed by atoms with Crippen molar-refractivity contribution in [1.29, 1.82) is 0 Å². The molecule has 22 heavy (non-hydrogen) atoms. The molecule has 2 heterocycles. The molecule has 1 saturated carbocycles. The van der Waals surface area contributed by atoms with Crippen LogP contribution in [0.2, 0.25) is 0 Å². The van der Waals surface area contributed by atoms with Gasteiger partial charge in [-0.25, -0.2) is 0 Å². The SMILES string of the molecule is CC(NC1CCN(C2CCCCC2O)CC1)c1cccnc1. The monoisotopic (exact) mass is 303 g/mol. The standard InChI is InChI=1S/C18H29N3O/c1-14(15-5-4-10-19-13-15)20-16-8-11-21(12-9-16)17-6-2-3-7-18(17)22/h4-5,10,13-14,16-18,20,22H,2-3,6-9,11-12H2,1H3. The van der Waals surface area contributed by atoms with Crippen LogP contribution in [0, 0.1) is 0 Å². The van der Waals surface area contributed by atoms with Crippen molar-refractivity contribution in [1.82, 2.24) is 15.2 Å². The zero-order chi connectivity index (χ0) is 15.4. The van der Waals surface area contributed by atoms with Gasteiger partial charge in [0.05, 0.1) is 6.10 Å². The molecule has 4 heteroatoms. The van der Waals surface area contributed by atoms with E-state index >= 15 is 0 Å². The highest BCUT2D eigenvalue weighted by Crippen LogP contribution is 2.26. The molecule has 4 nitrogen and oxygen atoms in total. The number of pyridine rings is 1. The third-order valence-electron chi connectivity index (χ3n) is 5.36. The summed E-state index contributed by atoms with van der Waals surface area (Å²) in [5.74, 6) is 0. The van der Waals surface area contributed by atoms with Crippen LogP contribution in [0.3, 0.4) is 0 Å². The van der Waals surface area contributed by atoms with Gasteiger partial charge in [0, 0.05) is 43.6 Å². The lowest BCUT2D eigenvalue weighted by Gasteiger charge is -2.42. The number of piperidine rings is 1. The van der Waals surface area contributed by atoms with Crippen LogP contribution < -0.4 is 5.32 Å². The smallest absolute Gasteiger partial charge is 0.0695 e. The maximum absolute atomic E-state index is 10.2. The van der Waals surface area contributed by atoms with Crippen molar-refractivity contribution in [3.8, 4) is 0 Å². The minimum atomic E-state index is -0.104. The Morgan fingerprint density at radius 1 is 1.23 bits per heavy atom. The molecule has 0 amide bonds. The van der Waals surface area contributed by atoms with Gasteiger partial charge in [0.1, 0.15) is 0 Å². The first-order valence-corrected chi connectivity index (χ1v) is 8.82. The summed E-state index contributed by atoms with van der Waals surface area (Å²) in [6.45, 7) is 4.44. The van der Waals surface area contributed by atoms with Crippen molar-refractivity contribution < 1.29 is 5.11 Å². The molecule has 2 aliphatic rings. The van der Waals surface area contributed by atoms with Gasteiger partial charge in [-0.05, 0) is 44.2 Å². The summed E-state index contributed by atoms with van der Waals surface area (Å²) in [6.07, 6.45) is 10.6. The number of nitrogens with one attached hydrogen (secondary N) is 1. The van der Waals surface area contributed by atoms with Crippen molar-refractivity contribution in [3.05, 3.63) is 30.1 Å². The van der Waals surface area contributed by atoms with Crippen LogP contribution in [-0.4, -0.2) is 46.3 Å². The number of aromatic nitrogens is 1. The topological polar surface area (TPSA) is 48.4 Å². The Hall–Kier alpha value is -0.970. The number of hydrogen-bond acceptors (Lipinski definition) is 4. The molecule has 1 aromatic heterocycles. The van der Waals surface area contributed by atoms with Gasteiger partial charge < -0.3 is 10.4 Å². The van der Waals surface area contributed by atoms with Crippen molar-refractivity contribution in [2.75, 3.05) is 13.1 Å². The van der Waals surface area contributed by atoms with Gasteiger partial charge >= 0.3 is 0 Å². The van der Waals surface area contributed by atoms with Gasteiger partial charge in [0.25, 0.3) is 0 Å². The molecule has 2 N–H and O–H groups in total. The van der Waals surface area contributed by atoms with Gasteiger partial charge in [-0.15, -0.1) is 0 Å². The summed E-state index contributed by atoms with van der Waals surface area (Å²) in [6, 6.07) is 5.47. The molecule has 3 rings (SSSR count). The lowest BCUT2D eigenvalue weighted by Crippen LogP contribution is -2.51. The van der Waals surface area contributed by atoms with Crippen LogP contribution in [0.4, 0.5) is 0 Å². The molecule has 0 spiro atoms. The predicted octanol–water partition coefficient (Wildman–Crippen LogP) is 2.50. The molecule has 0 radical (unpaired) electrons. The first kappa shape index (κ1) is 15.9. The molecular weight excluding hydrogens is 274 g/mol. The normalized spacial score (nSPS) is 29.4. The number of nitrogens with zero attached hydrogens (tertiary/aromatic N) is 2. The van der Waals surface area contributed by atoms with E-state index in [1.54, 1.807) is 0 Å². The lowest BCUT2D eigenvalue weighted by molar-refractivity contribution is 0.00670. The highest BCUT2D eigenvalue weighted by atomic mass is 16.3. The third-order valence-corrected chi connectivity index (χ3v) is 5.36. The first-order chi connectivity index (χ1) is 10.7. The van der Waals surface area contributed by atoms with Crippen molar-refractivity contribution >= 4 is 0 Å². The van der Waals surface area contributed by atoms with E-state index in [2.05, 4.69) is 28.2 Å². The maximum Gasteiger partial charge on any atom is 0.0695 e. The Bertz CT molecular complexity index is 445. The van der Waals surface area contributed by atoms with Gasteiger partial charge in [-0.1, -0.05) is 18.9 Å². The molecule has 122 valence electrons. The highest BCUT2D eigenvalue weighted by Gasteiger charge is 2.31. The third kappa shape index (κ3) is 3.86. The fraction of sp³-hybridized carbons (Fsp3) is 0.722. The molecular formula is C18H29N3O. The van der Waals surface area contributed by atoms with E-state index in [0.717, 1.165) is 19.5 Å². The summed E-state index contributed by atoms with van der Waals surface area (Å²) >= 11 is 0. The van der Waals surface area contributed by atoms with E-state index < -0.39 is 0 Å². The van der Waals surface area contributed by atoms with E-state index in [-0.39, 0.29) is 6.10 Å². The van der Waals surface area contributed by atoms with E-state index in [9.17, 15) is 5.11 Å². The van der Waals surface area contributed by atoms with Crippen LogP contribution in [0.15, 0.2) is 24.5 Å². The van der Waals surface area contributed by atoms with Crippen LogP contribution in [0.5, 0.6) is 0 Å². The second-order valence-corrected chi connectivity index (χ2v) is 6.90. The molecule has 1 aromatic rings. The minimum Gasteiger partial charge on any atom is -0.391 e. The summed E-state index contributed by atoms with van der Waals surface area (Å²) in [7, 11) is 0. The molecule has 1 saturated heterocycles.